The van der Waals surface area contributed by atoms with Crippen molar-refractivity contribution in [1.82, 2.24) is 0 Å². The van der Waals surface area contributed by atoms with Crippen molar-refractivity contribution in [3.63, 3.8) is 0 Å². The first-order chi connectivity index (χ1) is 12.5. The van der Waals surface area contributed by atoms with Crippen molar-refractivity contribution in [2.24, 2.45) is 11.3 Å². The summed E-state index contributed by atoms with van der Waals surface area (Å²) in [5.41, 5.74) is 0.121. The van der Waals surface area contributed by atoms with Gasteiger partial charge in [0.1, 0.15) is 0 Å². The lowest BCUT2D eigenvalue weighted by atomic mass is 9.78. The molecule has 0 spiro atoms. The van der Waals surface area contributed by atoms with Gasteiger partial charge in [0.2, 0.25) is 0 Å². The number of ether oxygens (including phenoxy) is 2. The maximum absolute atomic E-state index is 6.85. The second-order valence-corrected chi connectivity index (χ2v) is 24.1. The summed E-state index contributed by atoms with van der Waals surface area (Å²) in [5.74, 6) is 2.69. The Bertz CT molecular complexity index is 669. The summed E-state index contributed by atoms with van der Waals surface area (Å²) >= 11 is 0. The molecule has 0 aromatic rings. The molecule has 0 saturated carbocycles. The summed E-state index contributed by atoms with van der Waals surface area (Å²) in [7, 11) is 0. The molecule has 28 heavy (non-hydrogen) atoms. The monoisotopic (exact) mass is 450 g/mol. The first kappa shape index (κ1) is 26.9. The van der Waals surface area contributed by atoms with Gasteiger partial charge in [0, 0.05) is 5.92 Å². The largest absolute Gasteiger partial charge is 0.349 e. The van der Waals surface area contributed by atoms with E-state index >= 15 is 0 Å². The van der Waals surface area contributed by atoms with E-state index in [9.17, 15) is 0 Å². The fourth-order valence-corrected chi connectivity index (χ4v) is 20.8. The maximum Gasteiger partial charge on any atom is 0.162 e. The zero-order chi connectivity index (χ0) is 22.2. The van der Waals surface area contributed by atoms with Crippen LogP contribution in [0.5, 0.6) is 0 Å². The molecule has 0 radical (unpaired) electrons. The van der Waals surface area contributed by atoms with Gasteiger partial charge in [-0.2, -0.15) is 0 Å². The quantitative estimate of drug-likeness (QED) is 0.331. The second kappa shape index (κ2) is 9.13. The van der Waals surface area contributed by atoms with Crippen LogP contribution >= 0.6 is 20.7 Å². The van der Waals surface area contributed by atoms with Gasteiger partial charge >= 0.3 is 0 Å². The molecule has 1 aliphatic rings. The van der Waals surface area contributed by atoms with E-state index in [1.807, 2.05) is 0 Å². The molecule has 0 bridgehead atoms. The Labute approximate surface area is 177 Å². The van der Waals surface area contributed by atoms with Gasteiger partial charge in [0.05, 0.1) is 11.4 Å². The molecule has 5 heteroatoms. The van der Waals surface area contributed by atoms with Crippen LogP contribution in [0.25, 0.3) is 0 Å². The van der Waals surface area contributed by atoms with Crippen LogP contribution < -0.4 is 0 Å². The van der Waals surface area contributed by atoms with Crippen LogP contribution in [0.2, 0.25) is 0 Å². The van der Waals surface area contributed by atoms with Crippen LogP contribution in [0.4, 0.5) is 0 Å². The fraction of sp³-hybridized carbons (Fsp3) is 0.870. The predicted molar refractivity (Wildman–Crippen MR) is 142 cm³/mol. The van der Waals surface area contributed by atoms with Crippen molar-refractivity contribution in [3.8, 4) is 0 Å². The molecular weight excluding hydrogens is 401 g/mol. The van der Waals surface area contributed by atoms with E-state index in [-0.39, 0.29) is 23.2 Å². The highest BCUT2D eigenvalue weighted by atomic mass is 31.2. The van der Waals surface area contributed by atoms with Gasteiger partial charge in [-0.15, -0.1) is 26.4 Å². The van der Waals surface area contributed by atoms with E-state index in [0.29, 0.717) is 5.92 Å². The molecule has 1 heterocycles. The minimum absolute atomic E-state index is 0.121. The predicted octanol–water partition coefficient (Wildman–Crippen LogP) is 7.10. The van der Waals surface area contributed by atoms with Crippen LogP contribution in [0.3, 0.4) is 0 Å². The zero-order valence-corrected chi connectivity index (χ0v) is 23.2. The smallest absolute Gasteiger partial charge is 0.162 e. The molecule has 5 unspecified atom stereocenters. The van der Waals surface area contributed by atoms with E-state index in [2.05, 4.69) is 75.3 Å². The van der Waals surface area contributed by atoms with Gasteiger partial charge in [-0.1, -0.05) is 54.7 Å². The third kappa shape index (κ3) is 5.74. The summed E-state index contributed by atoms with van der Waals surface area (Å²) in [6.45, 7) is 18.7. The highest BCUT2D eigenvalue weighted by Gasteiger charge is 2.50. The SMILES string of the molecule is C=P(C)(CC)CP(=C)(CP(=C)(CC)CC)C(C)(C)OC1OC(C)C(C)(C)C1C. The van der Waals surface area contributed by atoms with Crippen LogP contribution in [-0.4, -0.2) is 73.6 Å². The normalized spacial score (nSPS) is 30.0. The molecule has 0 aliphatic carbocycles. The van der Waals surface area contributed by atoms with Crippen LogP contribution in [0.1, 0.15) is 62.3 Å². The van der Waals surface area contributed by atoms with E-state index in [0.717, 1.165) is 5.90 Å². The highest BCUT2D eigenvalue weighted by Crippen LogP contribution is 2.73. The first-order valence-electron chi connectivity index (χ1n) is 10.9. The standard InChI is InChI=1S/C23H49O2P3/c1-14-26(10,11)17-28(13,18-27(12,15-2)16-3)23(8,9)25-21-19(4)22(6,7)20(5)24-21/h19-21H,10,12-18H2,1-9,11H3. The third-order valence-corrected chi connectivity index (χ3v) is 23.9. The van der Waals surface area contributed by atoms with E-state index < -0.39 is 20.7 Å². The maximum atomic E-state index is 6.85. The molecule has 5 atom stereocenters. The molecule has 1 saturated heterocycles. The lowest BCUT2D eigenvalue weighted by molar-refractivity contribution is -0.176. The van der Waals surface area contributed by atoms with Crippen molar-refractivity contribution >= 4 is 39.6 Å². The van der Waals surface area contributed by atoms with Gasteiger partial charge in [0.15, 0.2) is 6.29 Å². The molecule has 1 aliphatic heterocycles. The van der Waals surface area contributed by atoms with Crippen molar-refractivity contribution in [2.45, 2.75) is 80.0 Å². The summed E-state index contributed by atoms with van der Waals surface area (Å²) in [5, 5.41) is -0.284. The summed E-state index contributed by atoms with van der Waals surface area (Å²) < 4.78 is 13.2. The molecule has 0 aromatic carbocycles. The summed E-state index contributed by atoms with van der Waals surface area (Å²) in [4.78, 5) is 0. The van der Waals surface area contributed by atoms with Crippen LogP contribution in [-0.2, 0) is 9.47 Å². The lowest BCUT2D eigenvalue weighted by Crippen LogP contribution is -2.36. The average molecular weight is 451 g/mol. The van der Waals surface area contributed by atoms with Crippen LogP contribution in [0.15, 0.2) is 0 Å². The molecule has 1 rings (SSSR count). The number of hydrogen-bond donors (Lipinski definition) is 0. The van der Waals surface area contributed by atoms with Crippen molar-refractivity contribution in [3.05, 3.63) is 0 Å². The molecule has 0 N–H and O–H groups in total. The number of hydrogen-bond acceptors (Lipinski definition) is 2. The first-order valence-corrected chi connectivity index (χ1v) is 18.6. The Morgan fingerprint density at radius 2 is 1.46 bits per heavy atom. The van der Waals surface area contributed by atoms with E-state index in [4.69, 9.17) is 22.1 Å². The molecule has 1 fully saturated rings. The Kier molecular flexibility index (Phi) is 8.76. The Morgan fingerprint density at radius 1 is 0.964 bits per heavy atom. The minimum atomic E-state index is -1.68. The Hall–Kier alpha value is 0.820. The van der Waals surface area contributed by atoms with Crippen molar-refractivity contribution in [2.75, 3.05) is 37.0 Å². The van der Waals surface area contributed by atoms with Gasteiger partial charge in [-0.05, 0) is 63.1 Å². The average Bonchev–Trinajstić information content (AvgIpc) is 2.76. The topological polar surface area (TPSA) is 18.5 Å². The zero-order valence-electron chi connectivity index (χ0n) is 20.5. The number of rotatable bonds is 10. The molecule has 168 valence electrons. The van der Waals surface area contributed by atoms with Gasteiger partial charge in [-0.25, -0.2) is 0 Å². The van der Waals surface area contributed by atoms with E-state index in [1.165, 1.54) is 24.4 Å². The van der Waals surface area contributed by atoms with Crippen LogP contribution in [0, 0.1) is 11.3 Å². The summed E-state index contributed by atoms with van der Waals surface area (Å²) in [6.07, 6.45) is 18.0. The molecule has 0 aromatic heterocycles. The minimum Gasteiger partial charge on any atom is -0.349 e. The van der Waals surface area contributed by atoms with Gasteiger partial charge < -0.3 is 9.47 Å². The van der Waals surface area contributed by atoms with Gasteiger partial charge in [0.25, 0.3) is 0 Å². The summed E-state index contributed by atoms with van der Waals surface area (Å²) in [6, 6.07) is 0. The highest BCUT2D eigenvalue weighted by molar-refractivity contribution is 7.96. The second-order valence-electron chi connectivity index (χ2n) is 10.7. The van der Waals surface area contributed by atoms with Crippen molar-refractivity contribution in [1.29, 1.82) is 0 Å². The van der Waals surface area contributed by atoms with Gasteiger partial charge in [-0.3, -0.25) is 0 Å². The molecular formula is C23H49O2P3. The molecule has 0 amide bonds. The Balaban J connectivity index is 3.29. The van der Waals surface area contributed by atoms with E-state index in [1.54, 1.807) is 0 Å². The fourth-order valence-electron chi connectivity index (χ4n) is 3.88. The lowest BCUT2D eigenvalue weighted by Gasteiger charge is -2.47. The third-order valence-electron chi connectivity index (χ3n) is 7.80. The van der Waals surface area contributed by atoms with Crippen molar-refractivity contribution < 1.29 is 9.47 Å². The Morgan fingerprint density at radius 3 is 1.82 bits per heavy atom. The molecule has 2 nitrogen and oxygen atoms in total.